The molecule has 2 amide bonds. The molecule has 0 aromatic heterocycles. The Morgan fingerprint density at radius 1 is 1.10 bits per heavy atom. The second-order valence-corrected chi connectivity index (χ2v) is 4.83. The molecular formula is C14H18FN3O2. The van der Waals surface area contributed by atoms with Crippen LogP contribution in [0.3, 0.4) is 0 Å². The normalized spacial score (nSPS) is 15.9. The molecule has 1 aromatic rings. The maximum atomic E-state index is 13.4. The molecule has 0 atom stereocenters. The standard InChI is InChI=1S/C14H18FN3O2/c1-2-17-8-14(20)18(9-13(17)19)7-11-3-10(6-16)4-12(15)5-11/h3-5H,2,6-9,16H2,1H3. The lowest BCUT2D eigenvalue weighted by Gasteiger charge is -2.33. The van der Waals surface area contributed by atoms with Gasteiger partial charge in [0.1, 0.15) is 12.4 Å². The Balaban J connectivity index is 2.12. The topological polar surface area (TPSA) is 66.6 Å². The van der Waals surface area contributed by atoms with Gasteiger partial charge in [-0.1, -0.05) is 6.07 Å². The van der Waals surface area contributed by atoms with Gasteiger partial charge in [-0.15, -0.1) is 0 Å². The number of carbonyl (C=O) groups is 2. The minimum Gasteiger partial charge on any atom is -0.332 e. The highest BCUT2D eigenvalue weighted by Crippen LogP contribution is 2.14. The average molecular weight is 279 g/mol. The monoisotopic (exact) mass is 279 g/mol. The van der Waals surface area contributed by atoms with Gasteiger partial charge < -0.3 is 15.5 Å². The zero-order valence-electron chi connectivity index (χ0n) is 11.4. The van der Waals surface area contributed by atoms with E-state index in [1.807, 2.05) is 6.92 Å². The van der Waals surface area contributed by atoms with Crippen LogP contribution in [-0.2, 0) is 22.7 Å². The molecule has 0 saturated carbocycles. The Hall–Kier alpha value is -1.95. The number of hydrogen-bond donors (Lipinski definition) is 1. The lowest BCUT2D eigenvalue weighted by molar-refractivity contribution is -0.150. The van der Waals surface area contributed by atoms with E-state index in [9.17, 15) is 14.0 Å². The van der Waals surface area contributed by atoms with Crippen LogP contribution in [-0.4, -0.2) is 41.2 Å². The number of rotatable bonds is 4. The van der Waals surface area contributed by atoms with Gasteiger partial charge >= 0.3 is 0 Å². The molecule has 2 rings (SSSR count). The van der Waals surface area contributed by atoms with Gasteiger partial charge in [0, 0.05) is 19.6 Å². The number of hydrogen-bond acceptors (Lipinski definition) is 3. The third-order valence-corrected chi connectivity index (χ3v) is 3.37. The molecule has 6 heteroatoms. The van der Waals surface area contributed by atoms with Crippen molar-refractivity contribution in [1.82, 2.24) is 9.80 Å². The summed E-state index contributed by atoms with van der Waals surface area (Å²) in [6.45, 7) is 2.96. The Labute approximate surface area is 117 Å². The van der Waals surface area contributed by atoms with Crippen molar-refractivity contribution in [1.29, 1.82) is 0 Å². The summed E-state index contributed by atoms with van der Waals surface area (Å²) in [7, 11) is 0. The molecule has 0 radical (unpaired) electrons. The largest absolute Gasteiger partial charge is 0.332 e. The van der Waals surface area contributed by atoms with E-state index in [4.69, 9.17) is 5.73 Å². The van der Waals surface area contributed by atoms with E-state index in [0.29, 0.717) is 17.7 Å². The molecule has 1 saturated heterocycles. The Kier molecular flexibility index (Phi) is 4.34. The highest BCUT2D eigenvalue weighted by molar-refractivity contribution is 5.92. The van der Waals surface area contributed by atoms with Crippen molar-refractivity contribution in [3.05, 3.63) is 35.1 Å². The number of amides is 2. The first kappa shape index (κ1) is 14.5. The fourth-order valence-corrected chi connectivity index (χ4v) is 2.28. The molecular weight excluding hydrogens is 261 g/mol. The second kappa shape index (κ2) is 6.00. The van der Waals surface area contributed by atoms with Crippen LogP contribution in [0.5, 0.6) is 0 Å². The lowest BCUT2D eigenvalue weighted by Crippen LogP contribution is -2.53. The van der Waals surface area contributed by atoms with Crippen LogP contribution >= 0.6 is 0 Å². The van der Waals surface area contributed by atoms with Crippen LogP contribution < -0.4 is 5.73 Å². The maximum Gasteiger partial charge on any atom is 0.242 e. The van der Waals surface area contributed by atoms with E-state index >= 15 is 0 Å². The summed E-state index contributed by atoms with van der Waals surface area (Å²) < 4.78 is 13.4. The van der Waals surface area contributed by atoms with Crippen LogP contribution in [0.2, 0.25) is 0 Å². The van der Waals surface area contributed by atoms with E-state index in [2.05, 4.69) is 0 Å². The molecule has 1 aromatic carbocycles. The quantitative estimate of drug-likeness (QED) is 0.871. The van der Waals surface area contributed by atoms with Crippen molar-refractivity contribution in [2.45, 2.75) is 20.0 Å². The van der Waals surface area contributed by atoms with Crippen molar-refractivity contribution >= 4 is 11.8 Å². The number of carbonyl (C=O) groups excluding carboxylic acids is 2. The van der Waals surface area contributed by atoms with Crippen molar-refractivity contribution in [3.8, 4) is 0 Å². The van der Waals surface area contributed by atoms with Gasteiger partial charge in [0.25, 0.3) is 0 Å². The highest BCUT2D eigenvalue weighted by Gasteiger charge is 2.28. The predicted molar refractivity (Wildman–Crippen MR) is 72.0 cm³/mol. The molecule has 1 fully saturated rings. The van der Waals surface area contributed by atoms with E-state index < -0.39 is 0 Å². The van der Waals surface area contributed by atoms with E-state index in [1.165, 1.54) is 21.9 Å². The third-order valence-electron chi connectivity index (χ3n) is 3.37. The fourth-order valence-electron chi connectivity index (χ4n) is 2.28. The highest BCUT2D eigenvalue weighted by atomic mass is 19.1. The molecule has 20 heavy (non-hydrogen) atoms. The summed E-state index contributed by atoms with van der Waals surface area (Å²) in [5.74, 6) is -0.582. The Morgan fingerprint density at radius 2 is 1.70 bits per heavy atom. The number of piperazine rings is 1. The van der Waals surface area contributed by atoms with Crippen molar-refractivity contribution in [3.63, 3.8) is 0 Å². The Morgan fingerprint density at radius 3 is 2.35 bits per heavy atom. The first-order valence-electron chi connectivity index (χ1n) is 6.57. The summed E-state index contributed by atoms with van der Waals surface area (Å²) in [5.41, 5.74) is 6.82. The molecule has 108 valence electrons. The third kappa shape index (κ3) is 3.14. The average Bonchev–Trinajstić information content (AvgIpc) is 2.41. The van der Waals surface area contributed by atoms with Crippen molar-refractivity contribution < 1.29 is 14.0 Å². The predicted octanol–water partition coefficient (Wildman–Crippen LogP) is 0.475. The molecule has 1 heterocycles. The molecule has 5 nitrogen and oxygen atoms in total. The smallest absolute Gasteiger partial charge is 0.242 e. The summed E-state index contributed by atoms with van der Waals surface area (Å²) in [6, 6.07) is 4.49. The van der Waals surface area contributed by atoms with Crippen LogP contribution in [0.25, 0.3) is 0 Å². The number of nitrogens with two attached hydrogens (primary N) is 1. The van der Waals surface area contributed by atoms with Gasteiger partial charge in [-0.2, -0.15) is 0 Å². The fraction of sp³-hybridized carbons (Fsp3) is 0.429. The van der Waals surface area contributed by atoms with Gasteiger partial charge in [0.15, 0.2) is 0 Å². The van der Waals surface area contributed by atoms with Gasteiger partial charge in [0.2, 0.25) is 11.8 Å². The number of halogens is 1. The molecule has 0 bridgehead atoms. The zero-order valence-corrected chi connectivity index (χ0v) is 11.4. The van der Waals surface area contributed by atoms with E-state index in [0.717, 1.165) is 0 Å². The Bertz CT molecular complexity index is 533. The van der Waals surface area contributed by atoms with Crippen LogP contribution in [0.1, 0.15) is 18.1 Å². The molecule has 2 N–H and O–H groups in total. The van der Waals surface area contributed by atoms with Gasteiger partial charge in [0.05, 0.1) is 6.54 Å². The first-order valence-corrected chi connectivity index (χ1v) is 6.57. The summed E-state index contributed by atoms with van der Waals surface area (Å²) in [4.78, 5) is 26.7. The molecule has 1 aliphatic rings. The number of benzene rings is 1. The van der Waals surface area contributed by atoms with E-state index in [-0.39, 0.29) is 43.8 Å². The SMILES string of the molecule is CCN1CC(=O)N(Cc2cc(F)cc(CN)c2)CC1=O. The van der Waals surface area contributed by atoms with Crippen molar-refractivity contribution in [2.75, 3.05) is 19.6 Å². The molecule has 0 unspecified atom stereocenters. The lowest BCUT2D eigenvalue weighted by atomic mass is 10.1. The minimum absolute atomic E-state index is 0.0428. The van der Waals surface area contributed by atoms with Gasteiger partial charge in [-0.25, -0.2) is 4.39 Å². The molecule has 1 aliphatic heterocycles. The number of likely N-dealkylation sites (N-methyl/N-ethyl adjacent to an activating group) is 1. The number of nitrogens with zero attached hydrogens (tertiary/aromatic N) is 2. The maximum absolute atomic E-state index is 13.4. The summed E-state index contributed by atoms with van der Waals surface area (Å²) in [6.07, 6.45) is 0. The second-order valence-electron chi connectivity index (χ2n) is 4.83. The van der Waals surface area contributed by atoms with E-state index in [1.54, 1.807) is 6.07 Å². The first-order chi connectivity index (χ1) is 9.53. The van der Waals surface area contributed by atoms with Crippen LogP contribution in [0, 0.1) is 5.82 Å². The van der Waals surface area contributed by atoms with Gasteiger partial charge in [-0.05, 0) is 30.2 Å². The molecule has 0 spiro atoms. The van der Waals surface area contributed by atoms with Gasteiger partial charge in [-0.3, -0.25) is 9.59 Å². The summed E-state index contributed by atoms with van der Waals surface area (Å²) in [5, 5.41) is 0. The van der Waals surface area contributed by atoms with Crippen LogP contribution in [0.4, 0.5) is 4.39 Å². The zero-order chi connectivity index (χ0) is 14.7. The molecule has 0 aliphatic carbocycles. The summed E-state index contributed by atoms with van der Waals surface area (Å²) >= 11 is 0. The van der Waals surface area contributed by atoms with Crippen LogP contribution in [0.15, 0.2) is 18.2 Å². The van der Waals surface area contributed by atoms with Crippen molar-refractivity contribution in [2.24, 2.45) is 5.73 Å². The minimum atomic E-state index is -0.381.